The van der Waals surface area contributed by atoms with Gasteiger partial charge in [-0.1, -0.05) is 49.2 Å². The molecule has 5 nitrogen and oxygen atoms in total. The first-order chi connectivity index (χ1) is 11.5. The summed E-state index contributed by atoms with van der Waals surface area (Å²) in [5, 5.41) is 7.80. The Kier molecular flexibility index (Phi) is 4.90. The maximum Gasteiger partial charge on any atom is 0.249 e. The molecular formula is C18H22ClN3O2. The number of carbonyl (C=O) groups excluding carboxylic acids is 1. The first-order valence-corrected chi connectivity index (χ1v) is 8.78. The largest absolute Gasteiger partial charge is 0.344 e. The Morgan fingerprint density at radius 1 is 1.46 bits per heavy atom. The first kappa shape index (κ1) is 17.0. The Balaban J connectivity index is 1.84. The van der Waals surface area contributed by atoms with Crippen molar-refractivity contribution >= 4 is 17.5 Å². The summed E-state index contributed by atoms with van der Waals surface area (Å²) in [5.41, 5.74) is 1.80. The molecule has 3 rings (SSSR count). The van der Waals surface area contributed by atoms with E-state index in [-0.39, 0.29) is 23.8 Å². The highest BCUT2D eigenvalue weighted by molar-refractivity contribution is 6.31. The van der Waals surface area contributed by atoms with E-state index in [1.165, 1.54) is 0 Å². The number of nitrogens with zero attached hydrogens (tertiary/aromatic N) is 2. The molecule has 0 spiro atoms. The Morgan fingerprint density at radius 3 is 2.83 bits per heavy atom. The summed E-state index contributed by atoms with van der Waals surface area (Å²) in [7, 11) is 0. The number of carbonyl (C=O) groups is 1. The van der Waals surface area contributed by atoms with Crippen molar-refractivity contribution in [1.29, 1.82) is 0 Å². The van der Waals surface area contributed by atoms with Crippen molar-refractivity contribution in [2.45, 2.75) is 46.1 Å². The second-order valence-electron chi connectivity index (χ2n) is 6.57. The molecule has 0 radical (unpaired) electrons. The lowest BCUT2D eigenvalue weighted by atomic mass is 9.98. The Labute approximate surface area is 146 Å². The van der Waals surface area contributed by atoms with Crippen LogP contribution in [0.25, 0.3) is 11.4 Å². The van der Waals surface area contributed by atoms with E-state index >= 15 is 0 Å². The number of aryl methyl sites for hydroxylation is 1. The molecule has 1 fully saturated rings. The van der Waals surface area contributed by atoms with Gasteiger partial charge in [-0.25, -0.2) is 0 Å². The third-order valence-electron chi connectivity index (χ3n) is 4.60. The number of halogens is 1. The molecule has 2 unspecified atom stereocenters. The lowest BCUT2D eigenvalue weighted by molar-refractivity contribution is -0.123. The molecular weight excluding hydrogens is 326 g/mol. The molecule has 1 aliphatic rings. The maximum absolute atomic E-state index is 12.1. The normalized spacial score (nSPS) is 16.7. The van der Waals surface area contributed by atoms with Gasteiger partial charge in [-0.3, -0.25) is 4.79 Å². The summed E-state index contributed by atoms with van der Waals surface area (Å²) in [6, 6.07) is 5.41. The minimum atomic E-state index is -0.259. The molecule has 1 aromatic heterocycles. The zero-order valence-electron chi connectivity index (χ0n) is 14.2. The van der Waals surface area contributed by atoms with Gasteiger partial charge >= 0.3 is 0 Å². The molecule has 1 heterocycles. The minimum absolute atomic E-state index is 0.0819. The predicted octanol–water partition coefficient (Wildman–Crippen LogP) is 4.31. The summed E-state index contributed by atoms with van der Waals surface area (Å²) in [6.45, 7) is 6.10. The van der Waals surface area contributed by atoms with Gasteiger partial charge in [0, 0.05) is 16.5 Å². The van der Waals surface area contributed by atoms with E-state index in [0.29, 0.717) is 16.7 Å². The van der Waals surface area contributed by atoms with Crippen LogP contribution in [-0.2, 0) is 4.79 Å². The molecule has 6 heteroatoms. The van der Waals surface area contributed by atoms with Gasteiger partial charge in [0.1, 0.15) is 6.04 Å². The van der Waals surface area contributed by atoms with Gasteiger partial charge in [0.05, 0.1) is 0 Å². The van der Waals surface area contributed by atoms with E-state index in [0.717, 1.165) is 30.4 Å². The molecule has 1 saturated carbocycles. The summed E-state index contributed by atoms with van der Waals surface area (Å²) >= 11 is 6.17. The average Bonchev–Trinajstić information content (AvgIpc) is 3.32. The molecule has 1 aromatic carbocycles. The SMILES string of the molecule is CCC(C)C(NC(=O)C1CC1)c1nc(-c2ccc(C)c(Cl)c2)no1. The van der Waals surface area contributed by atoms with Gasteiger partial charge < -0.3 is 9.84 Å². The molecule has 2 aromatic rings. The zero-order valence-corrected chi connectivity index (χ0v) is 14.9. The fourth-order valence-electron chi connectivity index (χ4n) is 2.51. The van der Waals surface area contributed by atoms with Gasteiger partial charge in [-0.2, -0.15) is 4.98 Å². The highest BCUT2D eigenvalue weighted by Crippen LogP contribution is 2.32. The average molecular weight is 348 g/mol. The van der Waals surface area contributed by atoms with Crippen LogP contribution in [-0.4, -0.2) is 16.0 Å². The molecule has 0 saturated heterocycles. The van der Waals surface area contributed by atoms with E-state index in [1.807, 2.05) is 25.1 Å². The van der Waals surface area contributed by atoms with E-state index < -0.39 is 0 Å². The minimum Gasteiger partial charge on any atom is -0.344 e. The van der Waals surface area contributed by atoms with Crippen molar-refractivity contribution in [3.05, 3.63) is 34.7 Å². The number of amides is 1. The lowest BCUT2D eigenvalue weighted by Crippen LogP contribution is -2.33. The molecule has 1 amide bonds. The van der Waals surface area contributed by atoms with E-state index in [9.17, 15) is 4.79 Å². The summed E-state index contributed by atoms with van der Waals surface area (Å²) in [5.74, 6) is 1.38. The highest BCUT2D eigenvalue weighted by atomic mass is 35.5. The van der Waals surface area contributed by atoms with Gasteiger partial charge in [-0.05, 0) is 37.3 Å². The van der Waals surface area contributed by atoms with Crippen LogP contribution in [0.3, 0.4) is 0 Å². The van der Waals surface area contributed by atoms with Crippen LogP contribution in [0.2, 0.25) is 5.02 Å². The summed E-state index contributed by atoms with van der Waals surface area (Å²) < 4.78 is 5.46. The fraction of sp³-hybridized carbons (Fsp3) is 0.500. The standard InChI is InChI=1S/C18H22ClN3O2/c1-4-10(2)15(20-17(23)12-7-8-12)18-21-16(22-24-18)13-6-5-11(3)14(19)9-13/h5-6,9-10,12,15H,4,7-8H2,1-3H3,(H,20,23). The van der Waals surface area contributed by atoms with Crippen LogP contribution < -0.4 is 5.32 Å². The topological polar surface area (TPSA) is 68.0 Å². The predicted molar refractivity (Wildman–Crippen MR) is 92.5 cm³/mol. The van der Waals surface area contributed by atoms with E-state index in [2.05, 4.69) is 29.3 Å². The third-order valence-corrected chi connectivity index (χ3v) is 5.00. The van der Waals surface area contributed by atoms with Gasteiger partial charge in [-0.15, -0.1) is 0 Å². The molecule has 24 heavy (non-hydrogen) atoms. The van der Waals surface area contributed by atoms with Crippen molar-refractivity contribution in [3.63, 3.8) is 0 Å². The van der Waals surface area contributed by atoms with Crippen LogP contribution in [0.4, 0.5) is 0 Å². The van der Waals surface area contributed by atoms with Crippen LogP contribution in [0, 0.1) is 18.8 Å². The van der Waals surface area contributed by atoms with Crippen molar-refractivity contribution in [2.24, 2.45) is 11.8 Å². The Morgan fingerprint density at radius 2 is 2.21 bits per heavy atom. The lowest BCUT2D eigenvalue weighted by Gasteiger charge is -2.20. The molecule has 0 bridgehead atoms. The molecule has 0 aliphatic heterocycles. The van der Waals surface area contributed by atoms with Crippen molar-refractivity contribution in [3.8, 4) is 11.4 Å². The number of hydrogen-bond donors (Lipinski definition) is 1. The Hall–Kier alpha value is -1.88. The monoisotopic (exact) mass is 347 g/mol. The van der Waals surface area contributed by atoms with Gasteiger partial charge in [0.15, 0.2) is 0 Å². The van der Waals surface area contributed by atoms with Crippen LogP contribution >= 0.6 is 11.6 Å². The molecule has 1 aliphatic carbocycles. The van der Waals surface area contributed by atoms with Crippen LogP contribution in [0.1, 0.15) is 50.6 Å². The number of benzene rings is 1. The van der Waals surface area contributed by atoms with Gasteiger partial charge in [0.2, 0.25) is 17.6 Å². The van der Waals surface area contributed by atoms with Crippen molar-refractivity contribution < 1.29 is 9.32 Å². The third kappa shape index (κ3) is 3.61. The zero-order chi connectivity index (χ0) is 17.3. The molecule has 2 atom stereocenters. The smallest absolute Gasteiger partial charge is 0.249 e. The van der Waals surface area contributed by atoms with E-state index in [1.54, 1.807) is 0 Å². The fourth-order valence-corrected chi connectivity index (χ4v) is 2.69. The summed E-state index contributed by atoms with van der Waals surface area (Å²) in [4.78, 5) is 16.7. The molecule has 1 N–H and O–H groups in total. The van der Waals surface area contributed by atoms with Crippen LogP contribution in [0.15, 0.2) is 22.7 Å². The summed E-state index contributed by atoms with van der Waals surface area (Å²) in [6.07, 6.45) is 2.84. The maximum atomic E-state index is 12.1. The highest BCUT2D eigenvalue weighted by Gasteiger charge is 2.34. The second-order valence-corrected chi connectivity index (χ2v) is 6.97. The number of aromatic nitrogens is 2. The van der Waals surface area contributed by atoms with Crippen LogP contribution in [0.5, 0.6) is 0 Å². The number of nitrogens with one attached hydrogen (secondary N) is 1. The van der Waals surface area contributed by atoms with Crippen molar-refractivity contribution in [2.75, 3.05) is 0 Å². The Bertz CT molecular complexity index is 740. The molecule has 128 valence electrons. The number of rotatable bonds is 6. The quantitative estimate of drug-likeness (QED) is 0.845. The van der Waals surface area contributed by atoms with Crippen molar-refractivity contribution in [1.82, 2.24) is 15.5 Å². The van der Waals surface area contributed by atoms with Gasteiger partial charge in [0.25, 0.3) is 0 Å². The second kappa shape index (κ2) is 6.93. The first-order valence-electron chi connectivity index (χ1n) is 8.40. The number of hydrogen-bond acceptors (Lipinski definition) is 4. The van der Waals surface area contributed by atoms with E-state index in [4.69, 9.17) is 16.1 Å².